The van der Waals surface area contributed by atoms with E-state index in [-0.39, 0.29) is 0 Å². The van der Waals surface area contributed by atoms with E-state index < -0.39 is 0 Å². The van der Waals surface area contributed by atoms with Crippen molar-refractivity contribution < 1.29 is 4.42 Å². The predicted molar refractivity (Wildman–Crippen MR) is 125 cm³/mol. The molecule has 0 N–H and O–H groups in total. The van der Waals surface area contributed by atoms with Crippen LogP contribution in [0.25, 0.3) is 55.2 Å². The van der Waals surface area contributed by atoms with Crippen LogP contribution in [0.2, 0.25) is 0 Å². The molecular weight excluding hydrogens is 382 g/mol. The van der Waals surface area contributed by atoms with Crippen LogP contribution in [-0.2, 0) is 0 Å². The fourth-order valence-corrected chi connectivity index (χ4v) is 4.37. The zero-order valence-corrected chi connectivity index (χ0v) is 17.3. The van der Waals surface area contributed by atoms with Crippen LogP contribution < -0.4 is 0 Å². The average molecular weight is 401 g/mol. The zero-order valence-electron chi connectivity index (χ0n) is 17.3. The van der Waals surface area contributed by atoms with Gasteiger partial charge in [-0.25, -0.2) is 4.98 Å². The molecule has 4 heteroatoms. The number of hydrogen-bond donors (Lipinski definition) is 0. The van der Waals surface area contributed by atoms with Crippen molar-refractivity contribution >= 4 is 32.8 Å². The molecule has 0 fully saturated rings. The SMILES string of the molecule is Cc1ccc2c(n1)oc1c(-c3cc(-c4c(C)ccc5cnccc45)ccn3)cccc12. The van der Waals surface area contributed by atoms with Crippen molar-refractivity contribution in [2.24, 2.45) is 0 Å². The Bertz CT molecular complexity index is 1610. The minimum atomic E-state index is 0.663. The molecule has 6 rings (SSSR count). The first-order valence-electron chi connectivity index (χ1n) is 10.3. The Morgan fingerprint density at radius 3 is 2.68 bits per heavy atom. The van der Waals surface area contributed by atoms with Crippen LogP contribution in [0.1, 0.15) is 11.3 Å². The molecule has 4 nitrogen and oxygen atoms in total. The lowest BCUT2D eigenvalue weighted by Crippen LogP contribution is -1.90. The summed E-state index contributed by atoms with van der Waals surface area (Å²) >= 11 is 0. The minimum absolute atomic E-state index is 0.663. The highest BCUT2D eigenvalue weighted by Crippen LogP contribution is 2.37. The number of rotatable bonds is 2. The van der Waals surface area contributed by atoms with Crippen LogP contribution in [-0.4, -0.2) is 15.0 Å². The Hall–Kier alpha value is -4.05. The van der Waals surface area contributed by atoms with Crippen LogP contribution in [0.4, 0.5) is 0 Å². The molecule has 0 radical (unpaired) electrons. The van der Waals surface area contributed by atoms with Crippen molar-refractivity contribution in [3.63, 3.8) is 0 Å². The van der Waals surface area contributed by atoms with E-state index in [0.717, 1.165) is 44.3 Å². The standard InChI is InChI=1S/C27H19N3O/c1-16-6-8-19-15-28-12-11-20(19)25(16)18-10-13-29-24(14-18)23-5-3-4-21-22-9-7-17(2)30-27(22)31-26(21)23/h3-15H,1-2H3. The first kappa shape index (κ1) is 17.8. The van der Waals surface area contributed by atoms with Gasteiger partial charge in [0.25, 0.3) is 0 Å². The van der Waals surface area contributed by atoms with Gasteiger partial charge in [-0.2, -0.15) is 0 Å². The number of aryl methyl sites for hydroxylation is 2. The second kappa shape index (κ2) is 6.74. The van der Waals surface area contributed by atoms with Crippen molar-refractivity contribution in [2.45, 2.75) is 13.8 Å². The van der Waals surface area contributed by atoms with Gasteiger partial charge < -0.3 is 4.42 Å². The lowest BCUT2D eigenvalue weighted by Gasteiger charge is -2.12. The predicted octanol–water partition coefficient (Wildman–Crippen LogP) is 6.88. The first-order chi connectivity index (χ1) is 15.2. The topological polar surface area (TPSA) is 51.8 Å². The summed E-state index contributed by atoms with van der Waals surface area (Å²) in [6.45, 7) is 4.11. The molecule has 0 aliphatic heterocycles. The molecular formula is C27H19N3O. The number of hydrogen-bond acceptors (Lipinski definition) is 4. The Labute approximate surface area is 179 Å². The summed E-state index contributed by atoms with van der Waals surface area (Å²) in [5.41, 5.74) is 7.82. The van der Waals surface area contributed by atoms with E-state index in [1.54, 1.807) is 0 Å². The Balaban J connectivity index is 1.59. The van der Waals surface area contributed by atoms with Gasteiger partial charge in [-0.1, -0.05) is 24.3 Å². The van der Waals surface area contributed by atoms with Gasteiger partial charge in [-0.3, -0.25) is 9.97 Å². The molecule has 0 atom stereocenters. The minimum Gasteiger partial charge on any atom is -0.437 e. The molecule has 0 unspecified atom stereocenters. The molecule has 0 aliphatic carbocycles. The van der Waals surface area contributed by atoms with Crippen LogP contribution in [0.3, 0.4) is 0 Å². The number of nitrogens with zero attached hydrogens (tertiary/aromatic N) is 3. The van der Waals surface area contributed by atoms with E-state index >= 15 is 0 Å². The molecule has 31 heavy (non-hydrogen) atoms. The molecule has 2 aromatic carbocycles. The molecule has 0 spiro atoms. The number of furan rings is 1. The highest BCUT2D eigenvalue weighted by Gasteiger charge is 2.15. The number of fused-ring (bicyclic) bond motifs is 4. The Morgan fingerprint density at radius 2 is 1.74 bits per heavy atom. The van der Waals surface area contributed by atoms with Crippen molar-refractivity contribution in [3.05, 3.63) is 90.5 Å². The summed E-state index contributed by atoms with van der Waals surface area (Å²) < 4.78 is 6.20. The molecule has 0 bridgehead atoms. The molecule has 0 saturated heterocycles. The Kier molecular flexibility index (Phi) is 3.87. The van der Waals surface area contributed by atoms with Crippen LogP contribution in [0, 0.1) is 13.8 Å². The van der Waals surface area contributed by atoms with E-state index in [1.165, 1.54) is 16.5 Å². The molecule has 0 aliphatic rings. The van der Waals surface area contributed by atoms with E-state index in [0.29, 0.717) is 5.71 Å². The number of benzene rings is 2. The molecule has 4 aromatic heterocycles. The summed E-state index contributed by atoms with van der Waals surface area (Å²) in [4.78, 5) is 13.5. The highest BCUT2D eigenvalue weighted by atomic mass is 16.3. The maximum Gasteiger partial charge on any atom is 0.227 e. The van der Waals surface area contributed by atoms with Gasteiger partial charge in [0, 0.05) is 46.0 Å². The summed E-state index contributed by atoms with van der Waals surface area (Å²) in [5.74, 6) is 0. The molecule has 4 heterocycles. The summed E-state index contributed by atoms with van der Waals surface area (Å²) in [7, 11) is 0. The summed E-state index contributed by atoms with van der Waals surface area (Å²) in [6, 6.07) is 20.8. The van der Waals surface area contributed by atoms with E-state index in [2.05, 4.69) is 76.5 Å². The highest BCUT2D eigenvalue weighted by molar-refractivity contribution is 6.08. The van der Waals surface area contributed by atoms with Gasteiger partial charge in [0.1, 0.15) is 5.58 Å². The summed E-state index contributed by atoms with van der Waals surface area (Å²) in [5, 5.41) is 4.40. The fraction of sp³-hybridized carbons (Fsp3) is 0.0741. The molecule has 0 saturated carbocycles. The first-order valence-corrected chi connectivity index (χ1v) is 10.3. The fourth-order valence-electron chi connectivity index (χ4n) is 4.37. The second-order valence-electron chi connectivity index (χ2n) is 7.87. The van der Waals surface area contributed by atoms with E-state index in [4.69, 9.17) is 4.42 Å². The van der Waals surface area contributed by atoms with Gasteiger partial charge >= 0.3 is 0 Å². The van der Waals surface area contributed by atoms with E-state index in [9.17, 15) is 0 Å². The second-order valence-corrected chi connectivity index (χ2v) is 7.87. The van der Waals surface area contributed by atoms with Gasteiger partial charge in [-0.15, -0.1) is 0 Å². The largest absolute Gasteiger partial charge is 0.437 e. The van der Waals surface area contributed by atoms with Gasteiger partial charge in [0.05, 0.1) is 5.69 Å². The third-order valence-corrected chi connectivity index (χ3v) is 5.86. The quantitative estimate of drug-likeness (QED) is 0.317. The van der Waals surface area contributed by atoms with Crippen molar-refractivity contribution in [1.82, 2.24) is 15.0 Å². The maximum absolute atomic E-state index is 6.20. The third kappa shape index (κ3) is 2.80. The van der Waals surface area contributed by atoms with Gasteiger partial charge in [0.15, 0.2) is 0 Å². The normalized spacial score (nSPS) is 11.5. The molecule has 0 amide bonds. The lowest BCUT2D eigenvalue weighted by molar-refractivity contribution is 0.653. The number of aromatic nitrogens is 3. The number of pyridine rings is 3. The monoisotopic (exact) mass is 401 g/mol. The van der Waals surface area contributed by atoms with Crippen LogP contribution in [0.15, 0.2) is 83.7 Å². The van der Waals surface area contributed by atoms with E-state index in [1.807, 2.05) is 31.6 Å². The van der Waals surface area contributed by atoms with Crippen molar-refractivity contribution in [1.29, 1.82) is 0 Å². The third-order valence-electron chi connectivity index (χ3n) is 5.86. The van der Waals surface area contributed by atoms with Crippen molar-refractivity contribution in [3.8, 4) is 22.4 Å². The zero-order chi connectivity index (χ0) is 20.9. The van der Waals surface area contributed by atoms with Gasteiger partial charge in [-0.05, 0) is 72.3 Å². The Morgan fingerprint density at radius 1 is 0.806 bits per heavy atom. The van der Waals surface area contributed by atoms with Crippen LogP contribution >= 0.6 is 0 Å². The lowest BCUT2D eigenvalue weighted by atomic mass is 9.94. The molecule has 6 aromatic rings. The number of para-hydroxylation sites is 1. The van der Waals surface area contributed by atoms with Gasteiger partial charge in [0.2, 0.25) is 5.71 Å². The van der Waals surface area contributed by atoms with Crippen molar-refractivity contribution in [2.75, 3.05) is 0 Å². The molecule has 148 valence electrons. The smallest absolute Gasteiger partial charge is 0.227 e. The average Bonchev–Trinajstić information content (AvgIpc) is 3.16. The van der Waals surface area contributed by atoms with Crippen LogP contribution in [0.5, 0.6) is 0 Å². The maximum atomic E-state index is 6.20. The summed E-state index contributed by atoms with van der Waals surface area (Å²) in [6.07, 6.45) is 5.62.